The number of carbonyl (C=O) groups excluding carboxylic acids is 1. The average molecular weight is 419 g/mol. The summed E-state index contributed by atoms with van der Waals surface area (Å²) in [4.78, 5) is 12.1. The molecule has 0 saturated carbocycles. The van der Waals surface area contributed by atoms with Crippen molar-refractivity contribution in [3.05, 3.63) is 50.3 Å². The topological polar surface area (TPSA) is 34.0 Å². The molecule has 3 nitrogen and oxygen atoms in total. The molecule has 1 aromatic heterocycles. The molecule has 0 fully saturated rings. The van der Waals surface area contributed by atoms with Crippen molar-refractivity contribution in [3.63, 3.8) is 0 Å². The molecule has 0 aliphatic rings. The molecule has 1 aromatic carbocycles. The number of rotatable bonds is 3. The monoisotopic (exact) mass is 418 g/mol. The molecule has 0 spiro atoms. The maximum atomic E-state index is 12.1. The number of hydrogen-bond donors (Lipinski definition) is 1. The van der Waals surface area contributed by atoms with Crippen LogP contribution in [0.2, 0.25) is 0 Å². The molecule has 1 N–H and O–H groups in total. The first-order chi connectivity index (χ1) is 8.60. The van der Waals surface area contributed by atoms with Crippen LogP contribution in [0.1, 0.15) is 17.4 Å². The van der Waals surface area contributed by atoms with Crippen LogP contribution in [0, 0.1) is 3.57 Å². The minimum absolute atomic E-state index is 0.0937. The van der Waals surface area contributed by atoms with Crippen molar-refractivity contribution in [2.24, 2.45) is 0 Å². The molecule has 0 unspecified atom stereocenters. The number of hydrogen-bond acceptors (Lipinski definition) is 1. The molecular formula is C13H12BrIN2O. The van der Waals surface area contributed by atoms with Crippen molar-refractivity contribution in [2.75, 3.05) is 5.32 Å². The molecule has 0 radical (unpaired) electrons. The maximum absolute atomic E-state index is 12.1. The summed E-state index contributed by atoms with van der Waals surface area (Å²) in [5.41, 5.74) is 1.46. The Morgan fingerprint density at radius 3 is 2.67 bits per heavy atom. The van der Waals surface area contributed by atoms with E-state index in [-0.39, 0.29) is 5.91 Å². The van der Waals surface area contributed by atoms with Crippen molar-refractivity contribution in [3.8, 4) is 0 Å². The molecule has 1 heterocycles. The van der Waals surface area contributed by atoms with Crippen molar-refractivity contribution in [1.29, 1.82) is 0 Å². The molecule has 0 aliphatic carbocycles. The molecule has 2 rings (SSSR count). The number of anilines is 1. The Bertz CT molecular complexity index is 563. The van der Waals surface area contributed by atoms with Gasteiger partial charge in [-0.05, 0) is 75.8 Å². The van der Waals surface area contributed by atoms with E-state index in [4.69, 9.17) is 0 Å². The Balaban J connectivity index is 2.19. The van der Waals surface area contributed by atoms with Crippen molar-refractivity contribution in [1.82, 2.24) is 4.57 Å². The lowest BCUT2D eigenvalue weighted by Crippen LogP contribution is -2.16. The number of aryl methyl sites for hydroxylation is 1. The Morgan fingerprint density at radius 2 is 2.06 bits per heavy atom. The highest BCUT2D eigenvalue weighted by Crippen LogP contribution is 2.17. The van der Waals surface area contributed by atoms with Crippen molar-refractivity contribution in [2.45, 2.75) is 13.5 Å². The molecule has 2 aromatic rings. The fraction of sp³-hybridized carbons (Fsp3) is 0.154. The summed E-state index contributed by atoms with van der Waals surface area (Å²) < 4.78 is 3.97. The van der Waals surface area contributed by atoms with Gasteiger partial charge in [0.1, 0.15) is 5.69 Å². The molecule has 18 heavy (non-hydrogen) atoms. The van der Waals surface area contributed by atoms with Gasteiger partial charge in [0.05, 0.1) is 0 Å². The van der Waals surface area contributed by atoms with Crippen molar-refractivity contribution < 1.29 is 4.79 Å². The van der Waals surface area contributed by atoms with Crippen LogP contribution in [0.3, 0.4) is 0 Å². The first-order valence-corrected chi connectivity index (χ1v) is 7.40. The van der Waals surface area contributed by atoms with Gasteiger partial charge in [-0.15, -0.1) is 0 Å². The molecule has 0 saturated heterocycles. The maximum Gasteiger partial charge on any atom is 0.272 e. The van der Waals surface area contributed by atoms with Crippen LogP contribution in [-0.2, 0) is 6.54 Å². The van der Waals surface area contributed by atoms with E-state index in [9.17, 15) is 4.79 Å². The number of benzene rings is 1. The molecule has 0 atom stereocenters. The van der Waals surface area contributed by atoms with Gasteiger partial charge in [-0.2, -0.15) is 0 Å². The molecule has 94 valence electrons. The van der Waals surface area contributed by atoms with Gasteiger partial charge in [-0.3, -0.25) is 4.79 Å². The van der Waals surface area contributed by atoms with E-state index in [2.05, 4.69) is 43.8 Å². The zero-order chi connectivity index (χ0) is 13.1. The van der Waals surface area contributed by atoms with E-state index in [1.807, 2.05) is 48.0 Å². The number of aromatic nitrogens is 1. The van der Waals surface area contributed by atoms with E-state index in [0.717, 1.165) is 20.3 Å². The Kier molecular flexibility index (Phi) is 4.45. The predicted molar refractivity (Wildman–Crippen MR) is 84.9 cm³/mol. The molecule has 0 bridgehead atoms. The molecule has 0 aliphatic heterocycles. The summed E-state index contributed by atoms with van der Waals surface area (Å²) in [7, 11) is 0. The number of halogens is 2. The molecule has 1 amide bonds. The molecular weight excluding hydrogens is 407 g/mol. The quantitative estimate of drug-likeness (QED) is 0.747. The van der Waals surface area contributed by atoms with Crippen LogP contribution in [-0.4, -0.2) is 10.5 Å². The summed E-state index contributed by atoms with van der Waals surface area (Å²) in [6, 6.07) is 9.54. The largest absolute Gasteiger partial charge is 0.343 e. The first kappa shape index (κ1) is 13.6. The summed E-state index contributed by atoms with van der Waals surface area (Å²) >= 11 is 5.62. The van der Waals surface area contributed by atoms with Crippen LogP contribution in [0.4, 0.5) is 5.69 Å². The summed E-state index contributed by atoms with van der Waals surface area (Å²) in [6.07, 6.45) is 1.91. The van der Waals surface area contributed by atoms with Crippen LogP contribution < -0.4 is 5.32 Å². The summed E-state index contributed by atoms with van der Waals surface area (Å²) in [5.74, 6) is -0.0937. The second-order valence-electron chi connectivity index (χ2n) is 3.79. The predicted octanol–water partition coefficient (Wildman–Crippen LogP) is 4.13. The van der Waals surface area contributed by atoms with E-state index < -0.39 is 0 Å². The third kappa shape index (κ3) is 3.14. The fourth-order valence-electron chi connectivity index (χ4n) is 1.66. The number of nitrogens with zero attached hydrogens (tertiary/aromatic N) is 1. The van der Waals surface area contributed by atoms with Gasteiger partial charge in [0.15, 0.2) is 0 Å². The summed E-state index contributed by atoms with van der Waals surface area (Å²) in [6.45, 7) is 2.77. The van der Waals surface area contributed by atoms with Gasteiger partial charge in [-0.1, -0.05) is 0 Å². The van der Waals surface area contributed by atoms with Gasteiger partial charge >= 0.3 is 0 Å². The van der Waals surface area contributed by atoms with Crippen LogP contribution in [0.15, 0.2) is 41.0 Å². The Labute approximate surface area is 128 Å². The smallest absolute Gasteiger partial charge is 0.272 e. The van der Waals surface area contributed by atoms with Gasteiger partial charge < -0.3 is 9.88 Å². The van der Waals surface area contributed by atoms with Crippen LogP contribution in [0.5, 0.6) is 0 Å². The van der Waals surface area contributed by atoms with E-state index in [1.54, 1.807) is 0 Å². The van der Waals surface area contributed by atoms with Crippen LogP contribution in [0.25, 0.3) is 0 Å². The van der Waals surface area contributed by atoms with Gasteiger partial charge in [-0.25, -0.2) is 0 Å². The lowest BCUT2D eigenvalue weighted by atomic mass is 10.3. The van der Waals surface area contributed by atoms with Gasteiger partial charge in [0.25, 0.3) is 5.91 Å². The molecule has 5 heteroatoms. The van der Waals surface area contributed by atoms with E-state index in [0.29, 0.717) is 5.69 Å². The summed E-state index contributed by atoms with van der Waals surface area (Å²) in [5, 5.41) is 2.89. The van der Waals surface area contributed by atoms with Gasteiger partial charge in [0.2, 0.25) is 0 Å². The highest BCUT2D eigenvalue weighted by molar-refractivity contribution is 14.1. The third-order valence-electron chi connectivity index (χ3n) is 2.54. The van der Waals surface area contributed by atoms with Crippen molar-refractivity contribution >= 4 is 50.1 Å². The zero-order valence-electron chi connectivity index (χ0n) is 9.78. The zero-order valence-corrected chi connectivity index (χ0v) is 13.5. The SMILES string of the molecule is CCn1cc(Br)cc1C(=O)Nc1ccc(I)cc1. The highest BCUT2D eigenvalue weighted by atomic mass is 127. The standard InChI is InChI=1S/C13H12BrIN2O/c1-2-17-8-9(14)7-12(17)13(18)16-11-5-3-10(15)4-6-11/h3-8H,2H2,1H3,(H,16,18). The Hall–Kier alpha value is -0.820. The van der Waals surface area contributed by atoms with E-state index >= 15 is 0 Å². The number of nitrogens with one attached hydrogen (secondary N) is 1. The van der Waals surface area contributed by atoms with E-state index in [1.165, 1.54) is 0 Å². The third-order valence-corrected chi connectivity index (χ3v) is 3.69. The highest BCUT2D eigenvalue weighted by Gasteiger charge is 2.12. The minimum Gasteiger partial charge on any atom is -0.343 e. The lowest BCUT2D eigenvalue weighted by Gasteiger charge is -2.07. The second kappa shape index (κ2) is 5.88. The normalized spacial score (nSPS) is 10.4. The first-order valence-electron chi connectivity index (χ1n) is 5.52. The average Bonchev–Trinajstić information content (AvgIpc) is 2.73. The number of carbonyl (C=O) groups is 1. The van der Waals surface area contributed by atoms with Crippen LogP contribution >= 0.6 is 38.5 Å². The fourth-order valence-corrected chi connectivity index (χ4v) is 2.48. The lowest BCUT2D eigenvalue weighted by molar-refractivity contribution is 0.101. The van der Waals surface area contributed by atoms with Gasteiger partial charge in [0, 0.05) is 26.5 Å². The second-order valence-corrected chi connectivity index (χ2v) is 5.95. The Morgan fingerprint density at radius 1 is 1.39 bits per heavy atom. The number of amides is 1. The minimum atomic E-state index is -0.0937.